The lowest BCUT2D eigenvalue weighted by molar-refractivity contribution is 0.375. The molecule has 1 heterocycles. The zero-order valence-electron chi connectivity index (χ0n) is 9.65. The van der Waals surface area contributed by atoms with Gasteiger partial charge in [-0.15, -0.1) is 0 Å². The summed E-state index contributed by atoms with van der Waals surface area (Å²) in [7, 11) is 0. The lowest BCUT2D eigenvalue weighted by Crippen LogP contribution is -2.37. The molecule has 0 amide bonds. The van der Waals surface area contributed by atoms with Crippen LogP contribution in [0.25, 0.3) is 0 Å². The van der Waals surface area contributed by atoms with Gasteiger partial charge in [-0.05, 0) is 55.7 Å². The summed E-state index contributed by atoms with van der Waals surface area (Å²) in [6.07, 6.45) is 5.17. The van der Waals surface area contributed by atoms with Gasteiger partial charge in [0.05, 0.1) is 0 Å². The fourth-order valence-electron chi connectivity index (χ4n) is 3.00. The number of nitrogens with one attached hydrogen (secondary N) is 1. The van der Waals surface area contributed by atoms with Crippen LogP contribution in [0.3, 0.4) is 0 Å². The monoisotopic (exact) mass is 216 g/mol. The SMILES string of the molecule is NCC[C@H]1Cc2ccccc2N[C@H]1C1CC1. The standard InChI is InChI=1S/C14H20N2/c15-8-7-12-9-11-3-1-2-4-13(11)16-14(12)10-5-6-10/h1-4,10,12,14,16H,5-9,15H2/t12-,14-/m0/s1. The first-order chi connectivity index (χ1) is 7.88. The molecular weight excluding hydrogens is 196 g/mol. The highest BCUT2D eigenvalue weighted by Gasteiger charge is 2.38. The van der Waals surface area contributed by atoms with Gasteiger partial charge in [-0.1, -0.05) is 18.2 Å². The summed E-state index contributed by atoms with van der Waals surface area (Å²) in [6, 6.07) is 9.40. The van der Waals surface area contributed by atoms with Crippen LogP contribution in [0.4, 0.5) is 5.69 Å². The highest BCUT2D eigenvalue weighted by Crippen LogP contribution is 2.42. The first-order valence-corrected chi connectivity index (χ1v) is 6.43. The maximum atomic E-state index is 5.73. The molecule has 1 saturated carbocycles. The number of hydrogen-bond donors (Lipinski definition) is 2. The zero-order chi connectivity index (χ0) is 11.0. The van der Waals surface area contributed by atoms with Crippen LogP contribution in [-0.2, 0) is 6.42 Å². The molecule has 1 aliphatic heterocycles. The van der Waals surface area contributed by atoms with Crippen LogP contribution in [0, 0.1) is 11.8 Å². The first kappa shape index (κ1) is 10.2. The van der Waals surface area contributed by atoms with Crippen molar-refractivity contribution in [2.45, 2.75) is 31.7 Å². The van der Waals surface area contributed by atoms with Crippen LogP contribution in [0.2, 0.25) is 0 Å². The van der Waals surface area contributed by atoms with Gasteiger partial charge in [-0.2, -0.15) is 0 Å². The van der Waals surface area contributed by atoms with Gasteiger partial charge < -0.3 is 11.1 Å². The van der Waals surface area contributed by atoms with Crippen LogP contribution in [0.1, 0.15) is 24.8 Å². The zero-order valence-corrected chi connectivity index (χ0v) is 9.65. The third kappa shape index (κ3) is 1.82. The van der Waals surface area contributed by atoms with E-state index < -0.39 is 0 Å². The predicted octanol–water partition coefficient (Wildman–Crippen LogP) is 2.40. The third-order valence-corrected chi connectivity index (χ3v) is 4.00. The number of anilines is 1. The van der Waals surface area contributed by atoms with Crippen molar-refractivity contribution in [1.82, 2.24) is 0 Å². The molecule has 0 bridgehead atoms. The number of benzene rings is 1. The van der Waals surface area contributed by atoms with Gasteiger partial charge in [0.25, 0.3) is 0 Å². The molecule has 3 N–H and O–H groups in total. The van der Waals surface area contributed by atoms with E-state index in [2.05, 4.69) is 29.6 Å². The smallest absolute Gasteiger partial charge is 0.0375 e. The first-order valence-electron chi connectivity index (χ1n) is 6.43. The maximum Gasteiger partial charge on any atom is 0.0375 e. The number of hydrogen-bond acceptors (Lipinski definition) is 2. The van der Waals surface area contributed by atoms with Gasteiger partial charge in [-0.3, -0.25) is 0 Å². The summed E-state index contributed by atoms with van der Waals surface area (Å²) in [5.74, 6) is 1.65. The number of para-hydroxylation sites is 1. The molecule has 2 nitrogen and oxygen atoms in total. The molecule has 0 unspecified atom stereocenters. The lowest BCUT2D eigenvalue weighted by Gasteiger charge is -2.35. The molecule has 1 aromatic carbocycles. The molecule has 3 rings (SSSR count). The maximum absolute atomic E-state index is 5.73. The highest BCUT2D eigenvalue weighted by molar-refractivity contribution is 5.54. The third-order valence-electron chi connectivity index (χ3n) is 4.00. The Bertz CT molecular complexity index is 371. The van der Waals surface area contributed by atoms with Gasteiger partial charge in [0, 0.05) is 11.7 Å². The Kier molecular flexibility index (Phi) is 2.60. The summed E-state index contributed by atoms with van der Waals surface area (Å²) in [5.41, 5.74) is 8.56. The van der Waals surface area contributed by atoms with E-state index in [-0.39, 0.29) is 0 Å². The van der Waals surface area contributed by atoms with Crippen molar-refractivity contribution in [3.63, 3.8) is 0 Å². The highest BCUT2D eigenvalue weighted by atomic mass is 15.0. The molecule has 86 valence electrons. The second kappa shape index (κ2) is 4.10. The Balaban J connectivity index is 1.84. The van der Waals surface area contributed by atoms with E-state index in [0.717, 1.165) is 24.8 Å². The van der Waals surface area contributed by atoms with Crippen LogP contribution in [0.5, 0.6) is 0 Å². The molecule has 1 aromatic rings. The molecule has 0 spiro atoms. The summed E-state index contributed by atoms with van der Waals surface area (Å²) in [6.45, 7) is 0.817. The fourth-order valence-corrected chi connectivity index (χ4v) is 3.00. The molecule has 2 atom stereocenters. The van der Waals surface area contributed by atoms with E-state index in [1.54, 1.807) is 0 Å². The summed E-state index contributed by atoms with van der Waals surface area (Å²) in [5, 5.41) is 3.74. The van der Waals surface area contributed by atoms with Crippen molar-refractivity contribution >= 4 is 5.69 Å². The summed E-state index contributed by atoms with van der Waals surface area (Å²) >= 11 is 0. The quantitative estimate of drug-likeness (QED) is 0.814. The van der Waals surface area contributed by atoms with E-state index in [4.69, 9.17) is 5.73 Å². The molecule has 0 radical (unpaired) electrons. The molecular formula is C14H20N2. The summed E-state index contributed by atoms with van der Waals surface area (Å²) < 4.78 is 0. The van der Waals surface area contributed by atoms with Gasteiger partial charge >= 0.3 is 0 Å². The molecule has 1 fully saturated rings. The van der Waals surface area contributed by atoms with E-state index in [0.29, 0.717) is 6.04 Å². The second-order valence-corrected chi connectivity index (χ2v) is 5.21. The second-order valence-electron chi connectivity index (χ2n) is 5.21. The van der Waals surface area contributed by atoms with Gasteiger partial charge in [0.1, 0.15) is 0 Å². The van der Waals surface area contributed by atoms with E-state index in [9.17, 15) is 0 Å². The Hall–Kier alpha value is -1.02. The Morgan fingerprint density at radius 1 is 1.25 bits per heavy atom. The average Bonchev–Trinajstić information content (AvgIpc) is 3.12. The van der Waals surface area contributed by atoms with E-state index in [1.165, 1.54) is 30.5 Å². The molecule has 2 aliphatic rings. The topological polar surface area (TPSA) is 38.0 Å². The molecule has 2 heteroatoms. The number of rotatable bonds is 3. The normalized spacial score (nSPS) is 28.3. The minimum absolute atomic E-state index is 0.679. The molecule has 16 heavy (non-hydrogen) atoms. The van der Waals surface area contributed by atoms with Crippen LogP contribution < -0.4 is 11.1 Å². The van der Waals surface area contributed by atoms with Crippen molar-refractivity contribution in [3.8, 4) is 0 Å². The van der Waals surface area contributed by atoms with Crippen molar-refractivity contribution in [2.24, 2.45) is 17.6 Å². The average molecular weight is 216 g/mol. The van der Waals surface area contributed by atoms with Gasteiger partial charge in [0.15, 0.2) is 0 Å². The predicted molar refractivity (Wildman–Crippen MR) is 67.4 cm³/mol. The molecule has 0 aromatic heterocycles. The fraction of sp³-hybridized carbons (Fsp3) is 0.571. The van der Waals surface area contributed by atoms with Crippen molar-refractivity contribution in [2.75, 3.05) is 11.9 Å². The van der Waals surface area contributed by atoms with Crippen molar-refractivity contribution in [1.29, 1.82) is 0 Å². The van der Waals surface area contributed by atoms with Crippen LogP contribution in [0.15, 0.2) is 24.3 Å². The molecule has 1 aliphatic carbocycles. The minimum Gasteiger partial charge on any atom is -0.382 e. The lowest BCUT2D eigenvalue weighted by atomic mass is 9.83. The van der Waals surface area contributed by atoms with E-state index >= 15 is 0 Å². The Morgan fingerprint density at radius 2 is 2.06 bits per heavy atom. The largest absolute Gasteiger partial charge is 0.382 e. The van der Waals surface area contributed by atoms with Crippen LogP contribution >= 0.6 is 0 Å². The van der Waals surface area contributed by atoms with Gasteiger partial charge in [0.2, 0.25) is 0 Å². The van der Waals surface area contributed by atoms with Crippen molar-refractivity contribution < 1.29 is 0 Å². The Labute approximate surface area is 97.2 Å². The Morgan fingerprint density at radius 3 is 2.81 bits per heavy atom. The summed E-state index contributed by atoms with van der Waals surface area (Å²) in [4.78, 5) is 0. The molecule has 0 saturated heterocycles. The minimum atomic E-state index is 0.679. The van der Waals surface area contributed by atoms with Crippen molar-refractivity contribution in [3.05, 3.63) is 29.8 Å². The van der Waals surface area contributed by atoms with Crippen LogP contribution in [-0.4, -0.2) is 12.6 Å². The van der Waals surface area contributed by atoms with Gasteiger partial charge in [-0.25, -0.2) is 0 Å². The number of nitrogens with two attached hydrogens (primary N) is 1. The van der Waals surface area contributed by atoms with E-state index in [1.807, 2.05) is 0 Å². The number of fused-ring (bicyclic) bond motifs is 1.